The molecule has 1 aromatic carbocycles. The van der Waals surface area contributed by atoms with Crippen LogP contribution in [0.1, 0.15) is 31.2 Å². The molecule has 1 aromatic rings. The summed E-state index contributed by atoms with van der Waals surface area (Å²) in [6.45, 7) is 1.50. The molecule has 1 N–H and O–H groups in total. The van der Waals surface area contributed by atoms with Crippen molar-refractivity contribution in [3.05, 3.63) is 35.9 Å². The van der Waals surface area contributed by atoms with Crippen molar-refractivity contribution in [1.82, 2.24) is 10.2 Å². The van der Waals surface area contributed by atoms with Gasteiger partial charge in [-0.25, -0.2) is 8.78 Å². The smallest absolute Gasteiger partial charge is 0.251 e. The lowest BCUT2D eigenvalue weighted by molar-refractivity contribution is 0.0211. The Balaban J connectivity index is 1.70. The van der Waals surface area contributed by atoms with E-state index >= 15 is 0 Å². The predicted octanol–water partition coefficient (Wildman–Crippen LogP) is 3.08. The highest BCUT2D eigenvalue weighted by molar-refractivity contribution is 5.17. The van der Waals surface area contributed by atoms with Crippen molar-refractivity contribution in [3.63, 3.8) is 0 Å². The minimum atomic E-state index is -2.25. The summed E-state index contributed by atoms with van der Waals surface area (Å²) in [4.78, 5) is 2.03. The van der Waals surface area contributed by atoms with Gasteiger partial charge in [-0.15, -0.1) is 0 Å². The van der Waals surface area contributed by atoms with Gasteiger partial charge in [0.1, 0.15) is 0 Å². The highest BCUT2D eigenvalue weighted by atomic mass is 19.3. The van der Waals surface area contributed by atoms with Crippen LogP contribution in [0, 0.1) is 0 Å². The summed E-state index contributed by atoms with van der Waals surface area (Å²) in [5.74, 6) is 0. The predicted molar refractivity (Wildman–Crippen MR) is 80.7 cm³/mol. The Bertz CT molecular complexity index is 443. The van der Waals surface area contributed by atoms with Crippen molar-refractivity contribution in [3.8, 4) is 0 Å². The standard InChI is InChI=1S/C17H24F2N2/c18-16(19)12-21-13-17(8-4-5-9-17)20-11-15(21)10-14-6-2-1-3-7-14/h1-3,6-7,15-16,20H,4-5,8-13H2. The molecule has 1 unspecified atom stereocenters. The molecule has 1 saturated heterocycles. The van der Waals surface area contributed by atoms with E-state index in [0.717, 1.165) is 32.4 Å². The fourth-order valence-corrected chi connectivity index (χ4v) is 3.90. The quantitative estimate of drug-likeness (QED) is 0.918. The van der Waals surface area contributed by atoms with Gasteiger partial charge in [-0.2, -0.15) is 0 Å². The zero-order valence-corrected chi connectivity index (χ0v) is 12.4. The molecule has 2 aliphatic rings. The third-order valence-electron chi connectivity index (χ3n) is 4.98. The molecule has 1 saturated carbocycles. The van der Waals surface area contributed by atoms with Crippen LogP contribution in [-0.4, -0.2) is 42.5 Å². The van der Waals surface area contributed by atoms with Gasteiger partial charge in [0, 0.05) is 24.7 Å². The Labute approximate surface area is 125 Å². The maximum Gasteiger partial charge on any atom is 0.251 e. The summed E-state index contributed by atoms with van der Waals surface area (Å²) in [7, 11) is 0. The van der Waals surface area contributed by atoms with E-state index in [2.05, 4.69) is 17.4 Å². The van der Waals surface area contributed by atoms with Crippen molar-refractivity contribution in [2.45, 2.75) is 50.1 Å². The zero-order valence-electron chi connectivity index (χ0n) is 12.4. The first kappa shape index (κ1) is 14.9. The molecular formula is C17H24F2N2. The molecule has 0 amide bonds. The molecule has 0 radical (unpaired) electrons. The summed E-state index contributed by atoms with van der Waals surface area (Å²) in [6, 6.07) is 10.4. The minimum absolute atomic E-state index is 0.0963. The fourth-order valence-electron chi connectivity index (χ4n) is 3.90. The highest BCUT2D eigenvalue weighted by Crippen LogP contribution is 2.33. The monoisotopic (exact) mass is 294 g/mol. The molecule has 0 bridgehead atoms. The van der Waals surface area contributed by atoms with Crippen molar-refractivity contribution in [1.29, 1.82) is 0 Å². The van der Waals surface area contributed by atoms with Gasteiger partial charge in [0.15, 0.2) is 0 Å². The average Bonchev–Trinajstić information content (AvgIpc) is 2.91. The van der Waals surface area contributed by atoms with Gasteiger partial charge in [-0.1, -0.05) is 43.2 Å². The molecular weight excluding hydrogens is 270 g/mol. The molecule has 1 atom stereocenters. The van der Waals surface area contributed by atoms with Gasteiger partial charge in [0.2, 0.25) is 0 Å². The van der Waals surface area contributed by atoms with Crippen molar-refractivity contribution in [2.75, 3.05) is 19.6 Å². The summed E-state index contributed by atoms with van der Waals surface area (Å²) in [5.41, 5.74) is 1.33. The van der Waals surface area contributed by atoms with Crippen LogP contribution in [0.4, 0.5) is 8.78 Å². The molecule has 21 heavy (non-hydrogen) atoms. The lowest BCUT2D eigenvalue weighted by atomic mass is 9.90. The van der Waals surface area contributed by atoms with E-state index in [9.17, 15) is 8.78 Å². The van der Waals surface area contributed by atoms with E-state index < -0.39 is 6.43 Å². The molecule has 0 aromatic heterocycles. The molecule has 2 fully saturated rings. The first-order chi connectivity index (χ1) is 10.2. The number of halogens is 2. The van der Waals surface area contributed by atoms with E-state index in [4.69, 9.17) is 0 Å². The molecule has 1 aliphatic carbocycles. The molecule has 116 valence electrons. The van der Waals surface area contributed by atoms with Gasteiger partial charge in [0.05, 0.1) is 6.54 Å². The van der Waals surface area contributed by atoms with Crippen LogP contribution < -0.4 is 5.32 Å². The highest BCUT2D eigenvalue weighted by Gasteiger charge is 2.41. The Hall–Kier alpha value is -1.00. The Morgan fingerprint density at radius 3 is 2.57 bits per heavy atom. The second-order valence-electron chi connectivity index (χ2n) is 6.53. The topological polar surface area (TPSA) is 15.3 Å². The number of nitrogens with one attached hydrogen (secondary N) is 1. The SMILES string of the molecule is FC(F)CN1CC2(CCCC2)NCC1Cc1ccccc1. The van der Waals surface area contributed by atoms with Gasteiger partial charge in [-0.3, -0.25) is 4.90 Å². The summed E-state index contributed by atoms with van der Waals surface area (Å²) in [6.07, 6.45) is 3.30. The number of hydrogen-bond acceptors (Lipinski definition) is 2. The summed E-state index contributed by atoms with van der Waals surface area (Å²) < 4.78 is 25.9. The zero-order chi connectivity index (χ0) is 14.7. The summed E-state index contributed by atoms with van der Waals surface area (Å²) in [5, 5.41) is 3.68. The number of nitrogens with zero attached hydrogens (tertiary/aromatic N) is 1. The Morgan fingerprint density at radius 2 is 1.90 bits per heavy atom. The second-order valence-corrected chi connectivity index (χ2v) is 6.53. The van der Waals surface area contributed by atoms with E-state index in [1.807, 2.05) is 23.1 Å². The molecule has 4 heteroatoms. The van der Waals surface area contributed by atoms with Crippen molar-refractivity contribution >= 4 is 0 Å². The maximum atomic E-state index is 12.9. The van der Waals surface area contributed by atoms with Gasteiger partial charge >= 0.3 is 0 Å². The number of hydrogen-bond donors (Lipinski definition) is 1. The second kappa shape index (κ2) is 6.41. The van der Waals surface area contributed by atoms with Crippen molar-refractivity contribution in [2.24, 2.45) is 0 Å². The third-order valence-corrected chi connectivity index (χ3v) is 4.98. The lowest BCUT2D eigenvalue weighted by Gasteiger charge is -2.46. The third kappa shape index (κ3) is 3.61. The Morgan fingerprint density at radius 1 is 1.19 bits per heavy atom. The van der Waals surface area contributed by atoms with Crippen LogP contribution in [0.15, 0.2) is 30.3 Å². The van der Waals surface area contributed by atoms with Crippen LogP contribution in [0.3, 0.4) is 0 Å². The summed E-state index contributed by atoms with van der Waals surface area (Å²) >= 11 is 0. The first-order valence-corrected chi connectivity index (χ1v) is 7.98. The average molecular weight is 294 g/mol. The number of alkyl halides is 2. The molecule has 3 rings (SSSR count). The maximum absolute atomic E-state index is 12.9. The molecule has 1 heterocycles. The van der Waals surface area contributed by atoms with Crippen LogP contribution >= 0.6 is 0 Å². The van der Waals surface area contributed by atoms with Crippen LogP contribution in [0.5, 0.6) is 0 Å². The molecule has 1 spiro atoms. The molecule has 2 nitrogen and oxygen atoms in total. The van der Waals surface area contributed by atoms with Crippen LogP contribution in [0.25, 0.3) is 0 Å². The van der Waals surface area contributed by atoms with E-state index in [0.29, 0.717) is 0 Å². The van der Waals surface area contributed by atoms with E-state index in [-0.39, 0.29) is 18.1 Å². The minimum Gasteiger partial charge on any atom is -0.308 e. The fraction of sp³-hybridized carbons (Fsp3) is 0.647. The van der Waals surface area contributed by atoms with Crippen LogP contribution in [-0.2, 0) is 6.42 Å². The van der Waals surface area contributed by atoms with Gasteiger partial charge in [0.25, 0.3) is 6.43 Å². The largest absolute Gasteiger partial charge is 0.308 e. The lowest BCUT2D eigenvalue weighted by Crippen LogP contribution is -2.64. The van der Waals surface area contributed by atoms with E-state index in [1.54, 1.807) is 0 Å². The first-order valence-electron chi connectivity index (χ1n) is 7.98. The van der Waals surface area contributed by atoms with Crippen LogP contribution in [0.2, 0.25) is 0 Å². The number of rotatable bonds is 4. The number of benzene rings is 1. The Kier molecular flexibility index (Phi) is 4.55. The van der Waals surface area contributed by atoms with Crippen molar-refractivity contribution < 1.29 is 8.78 Å². The normalized spacial score (nSPS) is 25.8. The number of piperazine rings is 1. The van der Waals surface area contributed by atoms with Gasteiger partial charge in [-0.05, 0) is 24.8 Å². The molecule has 1 aliphatic heterocycles. The van der Waals surface area contributed by atoms with E-state index in [1.165, 1.54) is 18.4 Å². The van der Waals surface area contributed by atoms with Gasteiger partial charge < -0.3 is 5.32 Å².